The fourth-order valence-corrected chi connectivity index (χ4v) is 5.95. The number of aryl methyl sites for hydroxylation is 2. The second-order valence-corrected chi connectivity index (χ2v) is 9.79. The van der Waals surface area contributed by atoms with E-state index in [2.05, 4.69) is 15.0 Å². The zero-order valence-electron chi connectivity index (χ0n) is 17.4. The Labute approximate surface area is 193 Å². The Bertz CT molecular complexity index is 1400. The number of benzene rings is 1. The van der Waals surface area contributed by atoms with Crippen molar-refractivity contribution in [2.75, 3.05) is 5.75 Å². The highest BCUT2D eigenvalue weighted by Crippen LogP contribution is 2.34. The molecule has 32 heavy (non-hydrogen) atoms. The number of nitrogens with one attached hydrogen (secondary N) is 1. The van der Waals surface area contributed by atoms with Crippen molar-refractivity contribution in [1.29, 1.82) is 0 Å². The van der Waals surface area contributed by atoms with Crippen LogP contribution in [0.25, 0.3) is 10.2 Å². The van der Waals surface area contributed by atoms with E-state index < -0.39 is 0 Å². The summed E-state index contributed by atoms with van der Waals surface area (Å²) in [5, 5.41) is 0.759. The molecule has 0 fully saturated rings. The molecule has 1 aliphatic carbocycles. The summed E-state index contributed by atoms with van der Waals surface area (Å²) in [7, 11) is 0. The maximum atomic E-state index is 12.6. The van der Waals surface area contributed by atoms with Gasteiger partial charge < -0.3 is 9.55 Å². The molecule has 0 saturated heterocycles. The Kier molecular flexibility index (Phi) is 6.05. The third kappa shape index (κ3) is 4.47. The van der Waals surface area contributed by atoms with Crippen LogP contribution in [0.1, 0.15) is 28.2 Å². The van der Waals surface area contributed by atoms with E-state index in [1.54, 1.807) is 11.3 Å². The number of nitrogens with zero attached hydrogens (tertiary/aromatic N) is 3. The normalized spacial score (nSPS) is 13.6. The summed E-state index contributed by atoms with van der Waals surface area (Å²) in [4.78, 5) is 39.0. The molecule has 0 spiro atoms. The fraction of sp³-hybridized carbons (Fsp3) is 0.250. The van der Waals surface area contributed by atoms with Gasteiger partial charge in [-0.1, -0.05) is 36.4 Å². The highest BCUT2D eigenvalue weighted by molar-refractivity contribution is 7.99. The number of aromatic amines is 1. The number of H-pyrrole nitrogens is 1. The van der Waals surface area contributed by atoms with E-state index in [4.69, 9.17) is 0 Å². The minimum absolute atomic E-state index is 0.0627. The molecular formula is C24H22N4O2S2. The predicted molar refractivity (Wildman–Crippen MR) is 129 cm³/mol. The first-order valence-electron chi connectivity index (χ1n) is 10.6. The van der Waals surface area contributed by atoms with Gasteiger partial charge in [0.1, 0.15) is 16.1 Å². The van der Waals surface area contributed by atoms with E-state index in [0.717, 1.165) is 35.0 Å². The number of rotatable bonds is 6. The minimum atomic E-state index is -0.207. The van der Waals surface area contributed by atoms with Crippen LogP contribution in [-0.4, -0.2) is 26.2 Å². The van der Waals surface area contributed by atoms with Crippen molar-refractivity contribution < 1.29 is 4.79 Å². The van der Waals surface area contributed by atoms with Gasteiger partial charge in [0, 0.05) is 17.6 Å². The number of thioether (sulfide) groups is 1. The van der Waals surface area contributed by atoms with Gasteiger partial charge in [0.05, 0.1) is 16.9 Å². The van der Waals surface area contributed by atoms with E-state index in [-0.39, 0.29) is 17.2 Å². The Morgan fingerprint density at radius 3 is 2.88 bits per heavy atom. The maximum Gasteiger partial charge on any atom is 0.259 e. The molecule has 1 aromatic carbocycles. The van der Waals surface area contributed by atoms with Gasteiger partial charge in [0.25, 0.3) is 11.5 Å². The van der Waals surface area contributed by atoms with Crippen molar-refractivity contribution in [2.24, 2.45) is 4.99 Å². The van der Waals surface area contributed by atoms with Crippen molar-refractivity contribution in [3.05, 3.63) is 92.4 Å². The molecule has 1 amide bonds. The number of hydrogen-bond donors (Lipinski definition) is 1. The first kappa shape index (κ1) is 20.9. The maximum absolute atomic E-state index is 12.6. The molecule has 0 radical (unpaired) electrons. The van der Waals surface area contributed by atoms with Crippen molar-refractivity contribution in [3.63, 3.8) is 0 Å². The molecule has 5 rings (SSSR count). The summed E-state index contributed by atoms with van der Waals surface area (Å²) in [6.45, 7) is 0.650. The van der Waals surface area contributed by atoms with Crippen LogP contribution in [-0.2, 0) is 29.9 Å². The average molecular weight is 463 g/mol. The van der Waals surface area contributed by atoms with Crippen molar-refractivity contribution in [2.45, 2.75) is 31.6 Å². The third-order valence-electron chi connectivity index (χ3n) is 5.44. The summed E-state index contributed by atoms with van der Waals surface area (Å²) in [5.74, 6) is 1.09. The SMILES string of the molecule is O=C(CSCc1nc2sc3c(c2c(=O)[nH]1)CCC3)N=c1ccccn1Cc1ccccc1. The van der Waals surface area contributed by atoms with Crippen molar-refractivity contribution in [3.8, 4) is 0 Å². The summed E-state index contributed by atoms with van der Waals surface area (Å²) in [5.41, 5.74) is 2.89. The van der Waals surface area contributed by atoms with Crippen LogP contribution < -0.4 is 11.0 Å². The van der Waals surface area contributed by atoms with Crippen LogP contribution in [0.4, 0.5) is 0 Å². The number of pyridine rings is 1. The van der Waals surface area contributed by atoms with E-state index in [1.165, 1.54) is 22.2 Å². The van der Waals surface area contributed by atoms with Crippen LogP contribution in [0.2, 0.25) is 0 Å². The van der Waals surface area contributed by atoms with Gasteiger partial charge >= 0.3 is 0 Å². The second kappa shape index (κ2) is 9.26. The van der Waals surface area contributed by atoms with Crippen LogP contribution in [0.5, 0.6) is 0 Å². The molecule has 0 aliphatic heterocycles. The molecule has 162 valence electrons. The van der Waals surface area contributed by atoms with Crippen LogP contribution in [0.3, 0.4) is 0 Å². The molecule has 0 atom stereocenters. The topological polar surface area (TPSA) is 80.1 Å². The molecule has 4 aromatic rings. The van der Waals surface area contributed by atoms with Gasteiger partial charge in [-0.15, -0.1) is 23.1 Å². The second-order valence-electron chi connectivity index (χ2n) is 7.72. The molecule has 0 saturated carbocycles. The highest BCUT2D eigenvalue weighted by atomic mass is 32.2. The van der Waals surface area contributed by atoms with Gasteiger partial charge in [-0.3, -0.25) is 9.59 Å². The summed E-state index contributed by atoms with van der Waals surface area (Å²) in [6.07, 6.45) is 5.05. The minimum Gasteiger partial charge on any atom is -0.328 e. The number of aromatic nitrogens is 3. The quantitative estimate of drug-likeness (QED) is 0.474. The first-order valence-corrected chi connectivity index (χ1v) is 12.5. The van der Waals surface area contributed by atoms with Gasteiger partial charge in [-0.25, -0.2) is 4.98 Å². The van der Waals surface area contributed by atoms with Crippen LogP contribution >= 0.6 is 23.1 Å². The average Bonchev–Trinajstić information content (AvgIpc) is 3.37. The highest BCUT2D eigenvalue weighted by Gasteiger charge is 2.21. The van der Waals surface area contributed by atoms with Gasteiger partial charge in [-0.05, 0) is 42.5 Å². The summed E-state index contributed by atoms with van der Waals surface area (Å²) >= 11 is 3.04. The molecule has 0 bridgehead atoms. The number of amides is 1. The van der Waals surface area contributed by atoms with E-state index in [0.29, 0.717) is 23.6 Å². The summed E-state index contributed by atoms with van der Waals surface area (Å²) in [6, 6.07) is 15.7. The van der Waals surface area contributed by atoms with Crippen LogP contribution in [0, 0.1) is 0 Å². The fourth-order valence-electron chi connectivity index (χ4n) is 3.99. The van der Waals surface area contributed by atoms with E-state index >= 15 is 0 Å². The molecule has 1 aliphatic rings. The van der Waals surface area contributed by atoms with Crippen LogP contribution in [0.15, 0.2) is 64.5 Å². The smallest absolute Gasteiger partial charge is 0.259 e. The Morgan fingerprint density at radius 1 is 1.16 bits per heavy atom. The van der Waals surface area contributed by atoms with E-state index in [1.807, 2.05) is 59.3 Å². The lowest BCUT2D eigenvalue weighted by Gasteiger charge is -2.07. The number of carbonyl (C=O) groups is 1. The zero-order chi connectivity index (χ0) is 21.9. The molecule has 3 aromatic heterocycles. The molecule has 1 N–H and O–H groups in total. The first-order chi connectivity index (χ1) is 15.7. The van der Waals surface area contributed by atoms with Crippen molar-refractivity contribution in [1.82, 2.24) is 14.5 Å². The molecule has 3 heterocycles. The lowest BCUT2D eigenvalue weighted by Crippen LogP contribution is -2.22. The Morgan fingerprint density at radius 2 is 2.00 bits per heavy atom. The number of thiophene rings is 1. The van der Waals surface area contributed by atoms with Crippen molar-refractivity contribution >= 4 is 39.2 Å². The zero-order valence-corrected chi connectivity index (χ0v) is 19.0. The van der Waals surface area contributed by atoms with E-state index in [9.17, 15) is 9.59 Å². The third-order valence-corrected chi connectivity index (χ3v) is 7.55. The monoisotopic (exact) mass is 462 g/mol. The van der Waals surface area contributed by atoms with Gasteiger partial charge in [-0.2, -0.15) is 4.99 Å². The largest absolute Gasteiger partial charge is 0.328 e. The number of carbonyl (C=O) groups excluding carboxylic acids is 1. The standard InChI is InChI=1S/C24H22N4O2S2/c29-21(27-20-11-4-5-12-28(20)13-16-7-2-1-3-8-16)15-31-14-19-25-23(30)22-17-9-6-10-18(17)32-24(22)26-19/h1-5,7-8,11-12H,6,9-10,13-15H2,(H,25,26,30). The molecule has 6 nitrogen and oxygen atoms in total. The lowest BCUT2D eigenvalue weighted by molar-refractivity contribution is -0.115. The summed E-state index contributed by atoms with van der Waals surface area (Å²) < 4.78 is 1.96. The number of fused-ring (bicyclic) bond motifs is 3. The van der Waals surface area contributed by atoms with Gasteiger partial charge in [0.15, 0.2) is 0 Å². The molecular weight excluding hydrogens is 440 g/mol. The van der Waals surface area contributed by atoms with Gasteiger partial charge in [0.2, 0.25) is 0 Å². The Balaban J connectivity index is 1.26. The number of hydrogen-bond acceptors (Lipinski definition) is 5. The Hall–Kier alpha value is -2.97. The molecule has 8 heteroatoms. The lowest BCUT2D eigenvalue weighted by atomic mass is 10.2. The predicted octanol–water partition coefficient (Wildman–Crippen LogP) is 3.68. The molecule has 0 unspecified atom stereocenters.